The number of aliphatic imine (C=N–C) groups is 1. The molecule has 1 heterocycles. The Morgan fingerprint density at radius 2 is 2.08 bits per heavy atom. The van der Waals surface area contributed by atoms with Crippen molar-refractivity contribution < 1.29 is 8.42 Å². The van der Waals surface area contributed by atoms with Crippen LogP contribution >= 0.6 is 24.0 Å². The van der Waals surface area contributed by atoms with Gasteiger partial charge in [-0.05, 0) is 38.0 Å². The number of nitrogens with zero attached hydrogens (tertiary/aromatic N) is 1. The summed E-state index contributed by atoms with van der Waals surface area (Å²) in [5.41, 5.74) is 1.66. The third-order valence-corrected chi connectivity index (χ3v) is 6.80. The molecule has 0 aromatic heterocycles. The molecule has 0 aromatic carbocycles. The summed E-state index contributed by atoms with van der Waals surface area (Å²) in [6.45, 7) is 6.05. The number of hydrogen-bond donors (Lipinski definition) is 2. The van der Waals surface area contributed by atoms with Gasteiger partial charge in [0.05, 0.1) is 11.5 Å². The molecule has 0 saturated carbocycles. The molecule has 1 unspecified atom stereocenters. The van der Waals surface area contributed by atoms with Gasteiger partial charge in [0.2, 0.25) is 0 Å². The molecule has 140 valence electrons. The Hall–Kier alpha value is -0.310. The standard InChI is InChI=1S/C17H31N3O2S.HI/c1-17(2,15-7-5-4-6-8-15)13-20-16(18-3)19-11-14-9-10-23(21,22)12-14;/h7,14H,4-6,8-13H2,1-3H3,(H2,18,19,20);1H. The van der Waals surface area contributed by atoms with Crippen molar-refractivity contribution in [3.63, 3.8) is 0 Å². The maximum Gasteiger partial charge on any atom is 0.191 e. The number of hydrogen-bond acceptors (Lipinski definition) is 3. The van der Waals surface area contributed by atoms with E-state index in [1.54, 1.807) is 7.05 Å². The van der Waals surface area contributed by atoms with Crippen LogP contribution < -0.4 is 10.6 Å². The highest BCUT2D eigenvalue weighted by atomic mass is 127. The van der Waals surface area contributed by atoms with Crippen molar-refractivity contribution in [2.45, 2.75) is 46.0 Å². The minimum atomic E-state index is -2.81. The van der Waals surface area contributed by atoms with Crippen LogP contribution in [0.1, 0.15) is 46.0 Å². The maximum atomic E-state index is 11.5. The van der Waals surface area contributed by atoms with E-state index in [2.05, 4.69) is 35.5 Å². The van der Waals surface area contributed by atoms with E-state index in [1.807, 2.05) is 0 Å². The Morgan fingerprint density at radius 3 is 2.62 bits per heavy atom. The normalized spacial score (nSPS) is 24.0. The molecule has 0 bridgehead atoms. The summed E-state index contributed by atoms with van der Waals surface area (Å²) in [6.07, 6.45) is 8.14. The van der Waals surface area contributed by atoms with Gasteiger partial charge < -0.3 is 10.6 Å². The Labute approximate surface area is 164 Å². The summed E-state index contributed by atoms with van der Waals surface area (Å²) in [5.74, 6) is 1.59. The van der Waals surface area contributed by atoms with Crippen LogP contribution in [-0.4, -0.2) is 46.0 Å². The van der Waals surface area contributed by atoms with E-state index in [0.717, 1.165) is 18.9 Å². The molecule has 24 heavy (non-hydrogen) atoms. The Balaban J connectivity index is 0.00000288. The fourth-order valence-corrected chi connectivity index (χ4v) is 5.23. The van der Waals surface area contributed by atoms with E-state index in [0.29, 0.717) is 18.1 Å². The highest BCUT2D eigenvalue weighted by molar-refractivity contribution is 14.0. The maximum absolute atomic E-state index is 11.5. The van der Waals surface area contributed by atoms with Crippen molar-refractivity contribution in [1.29, 1.82) is 0 Å². The van der Waals surface area contributed by atoms with Gasteiger partial charge in [-0.2, -0.15) is 0 Å². The SMILES string of the molecule is CN=C(NCC1CCS(=O)(=O)C1)NCC(C)(C)C1=CCCCC1.I. The van der Waals surface area contributed by atoms with Gasteiger partial charge >= 0.3 is 0 Å². The van der Waals surface area contributed by atoms with Crippen LogP contribution in [0.5, 0.6) is 0 Å². The molecule has 0 amide bonds. The smallest absolute Gasteiger partial charge is 0.191 e. The van der Waals surface area contributed by atoms with Crippen molar-refractivity contribution in [2.24, 2.45) is 16.3 Å². The van der Waals surface area contributed by atoms with E-state index in [-0.39, 0.29) is 35.3 Å². The minimum Gasteiger partial charge on any atom is -0.356 e. The molecule has 0 aromatic rings. The predicted octanol–water partition coefficient (Wildman–Crippen LogP) is 2.73. The number of halogens is 1. The zero-order chi connectivity index (χ0) is 16.9. The van der Waals surface area contributed by atoms with Crippen LogP contribution in [0, 0.1) is 11.3 Å². The molecule has 2 N–H and O–H groups in total. The van der Waals surface area contributed by atoms with Crippen LogP contribution in [0.4, 0.5) is 0 Å². The van der Waals surface area contributed by atoms with Crippen molar-refractivity contribution in [3.8, 4) is 0 Å². The summed E-state index contributed by atoms with van der Waals surface area (Å²) in [6, 6.07) is 0. The van der Waals surface area contributed by atoms with Crippen molar-refractivity contribution >= 4 is 39.8 Å². The molecule has 1 fully saturated rings. The Kier molecular flexibility index (Phi) is 8.52. The molecular formula is C17H32IN3O2S. The number of nitrogens with one attached hydrogen (secondary N) is 2. The molecule has 0 spiro atoms. The topological polar surface area (TPSA) is 70.6 Å². The van der Waals surface area contributed by atoms with Crippen LogP contribution in [0.2, 0.25) is 0 Å². The molecule has 2 rings (SSSR count). The lowest BCUT2D eigenvalue weighted by molar-refractivity contribution is 0.406. The van der Waals surface area contributed by atoms with E-state index in [1.165, 1.54) is 31.3 Å². The van der Waals surface area contributed by atoms with Crippen LogP contribution in [0.15, 0.2) is 16.6 Å². The van der Waals surface area contributed by atoms with Gasteiger partial charge in [-0.1, -0.05) is 25.5 Å². The number of guanidine groups is 1. The summed E-state index contributed by atoms with van der Waals surface area (Å²) in [4.78, 5) is 4.26. The number of rotatable bonds is 5. The molecule has 5 nitrogen and oxygen atoms in total. The first-order chi connectivity index (χ1) is 10.8. The van der Waals surface area contributed by atoms with Gasteiger partial charge in [0.1, 0.15) is 0 Å². The lowest BCUT2D eigenvalue weighted by Crippen LogP contribution is -2.44. The third kappa shape index (κ3) is 6.54. The van der Waals surface area contributed by atoms with E-state index >= 15 is 0 Å². The number of sulfone groups is 1. The first kappa shape index (κ1) is 21.7. The highest BCUT2D eigenvalue weighted by Gasteiger charge is 2.28. The first-order valence-corrected chi connectivity index (χ1v) is 10.5. The number of allylic oxidation sites excluding steroid dienone is 1. The lowest BCUT2D eigenvalue weighted by Gasteiger charge is -2.31. The van der Waals surface area contributed by atoms with Gasteiger partial charge in [-0.25, -0.2) is 8.42 Å². The second-order valence-corrected chi connectivity index (χ2v) is 9.66. The highest BCUT2D eigenvalue weighted by Crippen LogP contribution is 2.33. The quantitative estimate of drug-likeness (QED) is 0.281. The average molecular weight is 469 g/mol. The van der Waals surface area contributed by atoms with Gasteiger partial charge in [0.25, 0.3) is 0 Å². The first-order valence-electron chi connectivity index (χ1n) is 8.67. The van der Waals surface area contributed by atoms with Crippen LogP contribution in [0.25, 0.3) is 0 Å². The fourth-order valence-electron chi connectivity index (χ4n) is 3.37. The van der Waals surface area contributed by atoms with Crippen LogP contribution in [-0.2, 0) is 9.84 Å². The largest absolute Gasteiger partial charge is 0.356 e. The second kappa shape index (κ2) is 9.40. The predicted molar refractivity (Wildman–Crippen MR) is 112 cm³/mol. The van der Waals surface area contributed by atoms with E-state index in [9.17, 15) is 8.42 Å². The van der Waals surface area contributed by atoms with Gasteiger partial charge in [-0.15, -0.1) is 24.0 Å². The Morgan fingerprint density at radius 1 is 1.33 bits per heavy atom. The molecule has 1 aliphatic heterocycles. The minimum absolute atomic E-state index is 0. The fraction of sp³-hybridized carbons (Fsp3) is 0.824. The van der Waals surface area contributed by atoms with Crippen molar-refractivity contribution in [3.05, 3.63) is 11.6 Å². The van der Waals surface area contributed by atoms with Crippen LogP contribution in [0.3, 0.4) is 0 Å². The third-order valence-electron chi connectivity index (χ3n) is 4.97. The van der Waals surface area contributed by atoms with Gasteiger partial charge in [0.15, 0.2) is 15.8 Å². The molecule has 1 aliphatic carbocycles. The lowest BCUT2D eigenvalue weighted by atomic mass is 9.78. The summed E-state index contributed by atoms with van der Waals surface area (Å²) in [7, 11) is -1.05. The molecular weight excluding hydrogens is 437 g/mol. The molecule has 7 heteroatoms. The molecule has 1 saturated heterocycles. The van der Waals surface area contributed by atoms with E-state index in [4.69, 9.17) is 0 Å². The van der Waals surface area contributed by atoms with E-state index < -0.39 is 9.84 Å². The zero-order valence-corrected chi connectivity index (χ0v) is 18.2. The summed E-state index contributed by atoms with van der Waals surface area (Å²) in [5, 5.41) is 6.68. The zero-order valence-electron chi connectivity index (χ0n) is 15.1. The molecule has 2 aliphatic rings. The average Bonchev–Trinajstić information content (AvgIpc) is 2.87. The molecule has 1 atom stereocenters. The molecule has 0 radical (unpaired) electrons. The second-order valence-electron chi connectivity index (χ2n) is 7.43. The summed E-state index contributed by atoms with van der Waals surface area (Å²) >= 11 is 0. The van der Waals surface area contributed by atoms with Crippen molar-refractivity contribution in [1.82, 2.24) is 10.6 Å². The van der Waals surface area contributed by atoms with Crippen molar-refractivity contribution in [2.75, 3.05) is 31.6 Å². The van der Waals surface area contributed by atoms with Gasteiger partial charge in [0, 0.05) is 25.6 Å². The monoisotopic (exact) mass is 469 g/mol. The van der Waals surface area contributed by atoms with Gasteiger partial charge in [-0.3, -0.25) is 4.99 Å². The Bertz CT molecular complexity index is 570. The summed E-state index contributed by atoms with van der Waals surface area (Å²) < 4.78 is 23.0.